The number of hydrogen-bond acceptors (Lipinski definition) is 5. The highest BCUT2D eigenvalue weighted by Crippen LogP contribution is 2.23. The van der Waals surface area contributed by atoms with E-state index >= 15 is 0 Å². The molecule has 0 aromatic heterocycles. The molecule has 0 unspecified atom stereocenters. The number of aryl methyl sites for hydroxylation is 2. The van der Waals surface area contributed by atoms with Crippen molar-refractivity contribution >= 4 is 17.8 Å². The van der Waals surface area contributed by atoms with Crippen LogP contribution in [0.5, 0.6) is 0 Å². The van der Waals surface area contributed by atoms with Crippen LogP contribution >= 0.6 is 0 Å². The zero-order valence-electron chi connectivity index (χ0n) is 15.0. The van der Waals surface area contributed by atoms with Crippen molar-refractivity contribution in [2.75, 3.05) is 13.7 Å². The monoisotopic (exact) mass is 347 g/mol. The third-order valence-corrected chi connectivity index (χ3v) is 4.65. The molecule has 1 aromatic rings. The Morgan fingerprint density at radius 2 is 1.92 bits per heavy atom. The number of benzene rings is 1. The van der Waals surface area contributed by atoms with E-state index in [1.807, 2.05) is 26.0 Å². The fourth-order valence-corrected chi connectivity index (χ4v) is 2.92. The molecular weight excluding hydrogens is 322 g/mol. The van der Waals surface area contributed by atoms with Crippen molar-refractivity contribution in [2.24, 2.45) is 5.92 Å². The van der Waals surface area contributed by atoms with E-state index in [9.17, 15) is 14.4 Å². The van der Waals surface area contributed by atoms with Crippen molar-refractivity contribution in [1.82, 2.24) is 5.32 Å². The van der Waals surface area contributed by atoms with Crippen LogP contribution < -0.4 is 5.32 Å². The zero-order chi connectivity index (χ0) is 18.4. The highest BCUT2D eigenvalue weighted by molar-refractivity contribution is 5.92. The van der Waals surface area contributed by atoms with E-state index in [0.29, 0.717) is 12.0 Å². The van der Waals surface area contributed by atoms with E-state index in [-0.39, 0.29) is 5.92 Å². The molecule has 1 amide bonds. The number of hydrogen-bond donors (Lipinski definition) is 1. The smallest absolute Gasteiger partial charge is 0.338 e. The summed E-state index contributed by atoms with van der Waals surface area (Å²) in [4.78, 5) is 35.9. The molecule has 2 atom stereocenters. The lowest BCUT2D eigenvalue weighted by Gasteiger charge is -2.21. The second kappa shape index (κ2) is 8.65. The number of methoxy groups -OCH3 is 1. The molecule has 0 aliphatic heterocycles. The fourth-order valence-electron chi connectivity index (χ4n) is 2.92. The average molecular weight is 347 g/mol. The Bertz CT molecular complexity index is 655. The molecule has 2 rings (SSSR count). The van der Waals surface area contributed by atoms with Crippen LogP contribution in [0.2, 0.25) is 0 Å². The topological polar surface area (TPSA) is 81.7 Å². The number of amides is 1. The van der Waals surface area contributed by atoms with Crippen LogP contribution in [-0.2, 0) is 31.9 Å². The van der Waals surface area contributed by atoms with Gasteiger partial charge in [-0.3, -0.25) is 4.79 Å². The summed E-state index contributed by atoms with van der Waals surface area (Å²) in [6.45, 7) is 3.33. The molecule has 1 aliphatic carbocycles. The summed E-state index contributed by atoms with van der Waals surface area (Å²) >= 11 is 0. The molecule has 0 spiro atoms. The molecule has 1 N–H and O–H groups in total. The molecule has 25 heavy (non-hydrogen) atoms. The highest BCUT2D eigenvalue weighted by Gasteiger charge is 2.27. The van der Waals surface area contributed by atoms with Crippen molar-refractivity contribution in [2.45, 2.75) is 45.6 Å². The lowest BCUT2D eigenvalue weighted by Crippen LogP contribution is -2.47. The van der Waals surface area contributed by atoms with Crippen molar-refractivity contribution in [1.29, 1.82) is 0 Å². The van der Waals surface area contributed by atoms with E-state index in [1.165, 1.54) is 18.2 Å². The Balaban J connectivity index is 1.90. The van der Waals surface area contributed by atoms with Crippen molar-refractivity contribution < 1.29 is 23.9 Å². The number of carbonyl (C=O) groups is 3. The Kier molecular flexibility index (Phi) is 6.56. The van der Waals surface area contributed by atoms with E-state index < -0.39 is 30.5 Å². The van der Waals surface area contributed by atoms with Crippen molar-refractivity contribution in [3.8, 4) is 0 Å². The summed E-state index contributed by atoms with van der Waals surface area (Å²) in [5.41, 5.74) is 2.88. The molecule has 1 aliphatic rings. The average Bonchev–Trinajstić information content (AvgIpc) is 3.10. The number of esters is 2. The molecule has 6 heteroatoms. The first kappa shape index (κ1) is 19.0. The van der Waals surface area contributed by atoms with E-state index in [0.717, 1.165) is 19.3 Å². The van der Waals surface area contributed by atoms with E-state index in [4.69, 9.17) is 9.47 Å². The molecule has 0 radical (unpaired) electrons. The Labute approximate surface area is 147 Å². The second-order valence-electron chi connectivity index (χ2n) is 6.37. The van der Waals surface area contributed by atoms with Gasteiger partial charge in [0, 0.05) is 0 Å². The van der Waals surface area contributed by atoms with Crippen LogP contribution in [0, 0.1) is 5.92 Å². The molecule has 0 saturated carbocycles. The maximum Gasteiger partial charge on any atom is 0.338 e. The normalized spacial score (nSPS) is 15.0. The Hall–Kier alpha value is -2.37. The molecule has 0 bridgehead atoms. The molecule has 6 nitrogen and oxygen atoms in total. The van der Waals surface area contributed by atoms with Crippen LogP contribution in [-0.4, -0.2) is 37.6 Å². The molecule has 136 valence electrons. The van der Waals surface area contributed by atoms with Gasteiger partial charge in [-0.05, 0) is 48.4 Å². The first-order valence-electron chi connectivity index (χ1n) is 8.62. The Morgan fingerprint density at radius 1 is 1.20 bits per heavy atom. The second-order valence-corrected chi connectivity index (χ2v) is 6.37. The van der Waals surface area contributed by atoms with Gasteiger partial charge in [0.15, 0.2) is 6.61 Å². The summed E-state index contributed by atoms with van der Waals surface area (Å²) in [7, 11) is 1.28. The summed E-state index contributed by atoms with van der Waals surface area (Å²) in [6, 6.07) is 4.75. The summed E-state index contributed by atoms with van der Waals surface area (Å²) in [6.07, 6.45) is 3.81. The number of rotatable bonds is 7. The van der Waals surface area contributed by atoms with Gasteiger partial charge < -0.3 is 14.8 Å². The number of carbonyl (C=O) groups excluding carboxylic acids is 3. The fraction of sp³-hybridized carbons (Fsp3) is 0.526. The number of fused-ring (bicyclic) bond motifs is 1. The van der Waals surface area contributed by atoms with Gasteiger partial charge >= 0.3 is 11.9 Å². The van der Waals surface area contributed by atoms with Gasteiger partial charge in [0.25, 0.3) is 5.91 Å². The van der Waals surface area contributed by atoms with Gasteiger partial charge in [0.1, 0.15) is 6.04 Å². The van der Waals surface area contributed by atoms with Gasteiger partial charge in [-0.25, -0.2) is 9.59 Å². The quantitative estimate of drug-likeness (QED) is 0.763. The minimum absolute atomic E-state index is 0.0798. The number of ether oxygens (including phenoxy) is 2. The van der Waals surface area contributed by atoms with Crippen LogP contribution in [0.15, 0.2) is 18.2 Å². The van der Waals surface area contributed by atoms with Gasteiger partial charge in [0.2, 0.25) is 0 Å². The first-order chi connectivity index (χ1) is 12.0. The third-order valence-electron chi connectivity index (χ3n) is 4.65. The predicted molar refractivity (Wildman–Crippen MR) is 92.2 cm³/mol. The van der Waals surface area contributed by atoms with Gasteiger partial charge in [-0.2, -0.15) is 0 Å². The summed E-state index contributed by atoms with van der Waals surface area (Å²) in [5.74, 6) is -1.65. The third kappa shape index (κ3) is 4.81. The minimum Gasteiger partial charge on any atom is -0.467 e. The largest absolute Gasteiger partial charge is 0.467 e. The van der Waals surface area contributed by atoms with E-state index in [2.05, 4.69) is 5.32 Å². The molecule has 0 heterocycles. The van der Waals surface area contributed by atoms with Crippen molar-refractivity contribution in [3.63, 3.8) is 0 Å². The van der Waals surface area contributed by atoms with Gasteiger partial charge in [0.05, 0.1) is 12.7 Å². The van der Waals surface area contributed by atoms with Crippen LogP contribution in [0.4, 0.5) is 0 Å². The van der Waals surface area contributed by atoms with Crippen molar-refractivity contribution in [3.05, 3.63) is 34.9 Å². The summed E-state index contributed by atoms with van der Waals surface area (Å²) < 4.78 is 9.79. The van der Waals surface area contributed by atoms with Crippen LogP contribution in [0.3, 0.4) is 0 Å². The minimum atomic E-state index is -0.749. The molecule has 0 fully saturated rings. The maximum absolute atomic E-state index is 12.1. The van der Waals surface area contributed by atoms with Crippen LogP contribution in [0.1, 0.15) is 48.2 Å². The van der Waals surface area contributed by atoms with Gasteiger partial charge in [-0.1, -0.05) is 26.3 Å². The maximum atomic E-state index is 12.1. The SMILES string of the molecule is CC[C@@H](C)[C@@H](NC(=O)COC(=O)c1ccc2c(c1)CCC2)C(=O)OC. The standard InChI is InChI=1S/C19H25NO5/c1-4-12(2)17(19(23)24-3)20-16(21)11-25-18(22)15-9-8-13-6-5-7-14(13)10-15/h8-10,12,17H,4-7,11H2,1-3H3,(H,20,21)/t12-,17-/m1/s1. The van der Waals surface area contributed by atoms with Gasteiger partial charge in [-0.15, -0.1) is 0 Å². The Morgan fingerprint density at radius 3 is 2.60 bits per heavy atom. The predicted octanol–water partition coefficient (Wildman–Crippen LogP) is 2.04. The number of nitrogens with one attached hydrogen (secondary N) is 1. The molecule has 1 aromatic carbocycles. The summed E-state index contributed by atoms with van der Waals surface area (Å²) in [5, 5.41) is 2.58. The van der Waals surface area contributed by atoms with E-state index in [1.54, 1.807) is 6.07 Å². The van der Waals surface area contributed by atoms with Crippen LogP contribution in [0.25, 0.3) is 0 Å². The lowest BCUT2D eigenvalue weighted by molar-refractivity contribution is -0.147. The molecular formula is C19H25NO5. The highest BCUT2D eigenvalue weighted by atomic mass is 16.5. The lowest BCUT2D eigenvalue weighted by atomic mass is 9.99. The zero-order valence-corrected chi connectivity index (χ0v) is 15.0. The first-order valence-corrected chi connectivity index (χ1v) is 8.62. The molecule has 0 saturated heterocycles.